The standard InChI is InChI=1S/C19H22FNO4/c1-23-15-11-14(12-16(13-15)24-2)7-8-19(22)21-9-10-25-18-6-4-3-5-17(18)20/h3-6,11-13H,7-10H2,1-2H3,(H,21,22). The summed E-state index contributed by atoms with van der Waals surface area (Å²) >= 11 is 0. The van der Waals surface area contributed by atoms with Gasteiger partial charge >= 0.3 is 0 Å². The van der Waals surface area contributed by atoms with E-state index in [0.717, 1.165) is 5.56 Å². The molecule has 0 radical (unpaired) electrons. The molecule has 134 valence electrons. The van der Waals surface area contributed by atoms with Crippen molar-refractivity contribution < 1.29 is 23.4 Å². The Hall–Kier alpha value is -2.76. The topological polar surface area (TPSA) is 56.8 Å². The summed E-state index contributed by atoms with van der Waals surface area (Å²) in [6.45, 7) is 0.522. The van der Waals surface area contributed by atoms with Gasteiger partial charge < -0.3 is 19.5 Å². The summed E-state index contributed by atoms with van der Waals surface area (Å²) in [5, 5.41) is 2.75. The van der Waals surface area contributed by atoms with Gasteiger partial charge in [-0.3, -0.25) is 4.79 Å². The normalized spacial score (nSPS) is 10.2. The minimum atomic E-state index is -0.416. The Kier molecular flexibility index (Phi) is 7.07. The number of rotatable bonds is 9. The van der Waals surface area contributed by atoms with Crippen LogP contribution in [0.2, 0.25) is 0 Å². The van der Waals surface area contributed by atoms with Crippen LogP contribution in [0.5, 0.6) is 17.2 Å². The Morgan fingerprint density at radius 3 is 2.40 bits per heavy atom. The van der Waals surface area contributed by atoms with Gasteiger partial charge in [0.25, 0.3) is 0 Å². The summed E-state index contributed by atoms with van der Waals surface area (Å²) in [6.07, 6.45) is 0.892. The SMILES string of the molecule is COc1cc(CCC(=O)NCCOc2ccccc2F)cc(OC)c1. The van der Waals surface area contributed by atoms with Crippen LogP contribution in [0, 0.1) is 5.82 Å². The molecule has 0 heterocycles. The van der Waals surface area contributed by atoms with Gasteiger partial charge in [-0.1, -0.05) is 12.1 Å². The van der Waals surface area contributed by atoms with Crippen LogP contribution in [0.3, 0.4) is 0 Å². The van der Waals surface area contributed by atoms with E-state index in [0.29, 0.717) is 30.9 Å². The van der Waals surface area contributed by atoms with Crippen molar-refractivity contribution in [3.8, 4) is 17.2 Å². The number of hydrogen-bond acceptors (Lipinski definition) is 4. The first-order chi connectivity index (χ1) is 12.1. The molecule has 0 unspecified atom stereocenters. The second-order valence-electron chi connectivity index (χ2n) is 5.35. The van der Waals surface area contributed by atoms with Crippen molar-refractivity contribution in [1.82, 2.24) is 5.32 Å². The van der Waals surface area contributed by atoms with Crippen LogP contribution in [0.4, 0.5) is 4.39 Å². The zero-order chi connectivity index (χ0) is 18.1. The highest BCUT2D eigenvalue weighted by Crippen LogP contribution is 2.23. The lowest BCUT2D eigenvalue weighted by atomic mass is 10.1. The van der Waals surface area contributed by atoms with Gasteiger partial charge in [0.1, 0.15) is 18.1 Å². The van der Waals surface area contributed by atoms with Gasteiger partial charge in [0, 0.05) is 12.5 Å². The van der Waals surface area contributed by atoms with E-state index in [9.17, 15) is 9.18 Å². The molecular formula is C19H22FNO4. The number of carbonyl (C=O) groups excluding carboxylic acids is 1. The molecule has 0 aliphatic heterocycles. The summed E-state index contributed by atoms with van der Waals surface area (Å²) in [4.78, 5) is 11.9. The number of ether oxygens (including phenoxy) is 3. The highest BCUT2D eigenvalue weighted by Gasteiger charge is 2.06. The minimum Gasteiger partial charge on any atom is -0.497 e. The smallest absolute Gasteiger partial charge is 0.220 e. The van der Waals surface area contributed by atoms with E-state index >= 15 is 0 Å². The molecule has 25 heavy (non-hydrogen) atoms. The third-order valence-electron chi connectivity index (χ3n) is 3.57. The number of carbonyl (C=O) groups is 1. The molecule has 0 aromatic heterocycles. The molecule has 0 aliphatic rings. The second kappa shape index (κ2) is 9.52. The maximum atomic E-state index is 13.4. The van der Waals surface area contributed by atoms with Gasteiger partial charge in [0.15, 0.2) is 11.6 Å². The largest absolute Gasteiger partial charge is 0.497 e. The number of halogens is 1. The molecule has 0 fully saturated rings. The molecule has 1 N–H and O–H groups in total. The van der Waals surface area contributed by atoms with Crippen molar-refractivity contribution in [1.29, 1.82) is 0 Å². The third kappa shape index (κ3) is 5.99. The summed E-state index contributed by atoms with van der Waals surface area (Å²) in [6, 6.07) is 11.7. The van der Waals surface area contributed by atoms with Crippen LogP contribution >= 0.6 is 0 Å². The van der Waals surface area contributed by atoms with Gasteiger partial charge in [-0.05, 0) is 36.2 Å². The molecule has 1 amide bonds. The second-order valence-corrected chi connectivity index (χ2v) is 5.35. The molecule has 0 bridgehead atoms. The number of amides is 1. The fraction of sp³-hybridized carbons (Fsp3) is 0.316. The van der Waals surface area contributed by atoms with E-state index in [1.165, 1.54) is 6.07 Å². The summed E-state index contributed by atoms with van der Waals surface area (Å²) in [5.41, 5.74) is 0.953. The molecule has 0 atom stereocenters. The van der Waals surface area contributed by atoms with Crippen molar-refractivity contribution in [2.45, 2.75) is 12.8 Å². The molecule has 0 spiro atoms. The number of para-hydroxylation sites is 1. The number of aryl methyl sites for hydroxylation is 1. The molecular weight excluding hydrogens is 325 g/mol. The Labute approximate surface area is 146 Å². The average Bonchev–Trinajstić information content (AvgIpc) is 2.64. The Balaban J connectivity index is 1.73. The average molecular weight is 347 g/mol. The fourth-order valence-corrected chi connectivity index (χ4v) is 2.27. The first kappa shape index (κ1) is 18.6. The Morgan fingerprint density at radius 1 is 1.08 bits per heavy atom. The molecule has 2 aromatic rings. The van der Waals surface area contributed by atoms with Crippen LogP contribution in [0.15, 0.2) is 42.5 Å². The van der Waals surface area contributed by atoms with Gasteiger partial charge in [0.05, 0.1) is 20.8 Å². The van der Waals surface area contributed by atoms with E-state index in [-0.39, 0.29) is 18.3 Å². The van der Waals surface area contributed by atoms with E-state index in [4.69, 9.17) is 14.2 Å². The number of nitrogens with one attached hydrogen (secondary N) is 1. The first-order valence-electron chi connectivity index (χ1n) is 7.98. The summed E-state index contributed by atoms with van der Waals surface area (Å²) in [5.74, 6) is 1.04. The lowest BCUT2D eigenvalue weighted by Gasteiger charge is -2.10. The van der Waals surface area contributed by atoms with E-state index in [2.05, 4.69) is 5.32 Å². The van der Waals surface area contributed by atoms with Gasteiger partial charge in [0.2, 0.25) is 5.91 Å². The van der Waals surface area contributed by atoms with Crippen LogP contribution in [0.1, 0.15) is 12.0 Å². The highest BCUT2D eigenvalue weighted by atomic mass is 19.1. The van der Waals surface area contributed by atoms with E-state index in [1.54, 1.807) is 38.5 Å². The molecule has 6 heteroatoms. The van der Waals surface area contributed by atoms with Crippen LogP contribution < -0.4 is 19.5 Å². The summed E-state index contributed by atoms with van der Waals surface area (Å²) < 4.78 is 29.1. The Morgan fingerprint density at radius 2 is 1.76 bits per heavy atom. The van der Waals surface area contributed by atoms with Gasteiger partial charge in [-0.15, -0.1) is 0 Å². The van der Waals surface area contributed by atoms with Crippen LogP contribution in [-0.2, 0) is 11.2 Å². The number of benzene rings is 2. The fourth-order valence-electron chi connectivity index (χ4n) is 2.27. The minimum absolute atomic E-state index is 0.0982. The lowest BCUT2D eigenvalue weighted by molar-refractivity contribution is -0.121. The van der Waals surface area contributed by atoms with Crippen LogP contribution in [0.25, 0.3) is 0 Å². The molecule has 0 saturated heterocycles. The highest BCUT2D eigenvalue weighted by molar-refractivity contribution is 5.76. The lowest BCUT2D eigenvalue weighted by Crippen LogP contribution is -2.28. The van der Waals surface area contributed by atoms with Gasteiger partial charge in [-0.25, -0.2) is 4.39 Å². The Bertz CT molecular complexity index is 683. The number of methoxy groups -OCH3 is 2. The first-order valence-corrected chi connectivity index (χ1v) is 7.98. The maximum absolute atomic E-state index is 13.4. The molecule has 5 nitrogen and oxygen atoms in total. The molecule has 0 aliphatic carbocycles. The van der Waals surface area contributed by atoms with Crippen molar-refractivity contribution in [3.63, 3.8) is 0 Å². The number of hydrogen-bond donors (Lipinski definition) is 1. The maximum Gasteiger partial charge on any atom is 0.220 e. The van der Waals surface area contributed by atoms with Crippen molar-refractivity contribution in [2.75, 3.05) is 27.4 Å². The third-order valence-corrected chi connectivity index (χ3v) is 3.57. The summed E-state index contributed by atoms with van der Waals surface area (Å²) in [7, 11) is 3.17. The van der Waals surface area contributed by atoms with Crippen molar-refractivity contribution >= 4 is 5.91 Å². The zero-order valence-corrected chi connectivity index (χ0v) is 14.4. The molecule has 0 saturated carbocycles. The zero-order valence-electron chi connectivity index (χ0n) is 14.4. The van der Waals surface area contributed by atoms with Crippen LogP contribution in [-0.4, -0.2) is 33.3 Å². The monoisotopic (exact) mass is 347 g/mol. The van der Waals surface area contributed by atoms with E-state index in [1.807, 2.05) is 12.1 Å². The predicted octanol–water partition coefficient (Wildman–Crippen LogP) is 2.97. The predicted molar refractivity (Wildman–Crippen MR) is 92.8 cm³/mol. The quantitative estimate of drug-likeness (QED) is 0.709. The molecule has 2 aromatic carbocycles. The molecule has 2 rings (SSSR count). The van der Waals surface area contributed by atoms with Gasteiger partial charge in [-0.2, -0.15) is 0 Å². The van der Waals surface area contributed by atoms with E-state index < -0.39 is 5.82 Å². The van der Waals surface area contributed by atoms with Crippen molar-refractivity contribution in [2.24, 2.45) is 0 Å². The van der Waals surface area contributed by atoms with Crippen molar-refractivity contribution in [3.05, 3.63) is 53.8 Å².